The van der Waals surface area contributed by atoms with Crippen LogP contribution in [-0.2, 0) is 22.5 Å². The molecule has 3 heterocycles. The first kappa shape index (κ1) is 18.8. The molecule has 0 saturated carbocycles. The molecule has 7 heteroatoms. The highest BCUT2D eigenvalue weighted by molar-refractivity contribution is 7.17. The van der Waals surface area contributed by atoms with Crippen molar-refractivity contribution in [2.75, 3.05) is 25.0 Å². The first-order chi connectivity index (χ1) is 12.6. The third kappa shape index (κ3) is 4.23. The van der Waals surface area contributed by atoms with Gasteiger partial charge in [0.15, 0.2) is 0 Å². The van der Waals surface area contributed by atoms with Crippen molar-refractivity contribution >= 4 is 45.6 Å². The van der Waals surface area contributed by atoms with Gasteiger partial charge >= 0.3 is 5.97 Å². The lowest BCUT2D eigenvalue weighted by atomic mass is 10.0. The highest BCUT2D eigenvalue weighted by Gasteiger charge is 2.30. The van der Waals surface area contributed by atoms with Gasteiger partial charge in [-0.1, -0.05) is 6.07 Å². The quantitative estimate of drug-likeness (QED) is 0.588. The second-order valence-electron chi connectivity index (χ2n) is 6.05. The average molecular weight is 392 g/mol. The first-order valence-corrected chi connectivity index (χ1v) is 10.5. The van der Waals surface area contributed by atoms with E-state index in [2.05, 4.69) is 12.2 Å². The molecule has 0 spiro atoms. The van der Waals surface area contributed by atoms with Gasteiger partial charge in [0, 0.05) is 17.4 Å². The van der Waals surface area contributed by atoms with Gasteiger partial charge in [-0.3, -0.25) is 4.79 Å². The first-order valence-electron chi connectivity index (χ1n) is 8.80. The van der Waals surface area contributed by atoms with Crippen LogP contribution >= 0.6 is 22.7 Å². The maximum absolute atomic E-state index is 12.5. The average Bonchev–Trinajstić information content (AvgIpc) is 3.26. The van der Waals surface area contributed by atoms with Crippen molar-refractivity contribution in [1.82, 2.24) is 0 Å². The van der Waals surface area contributed by atoms with E-state index in [0.29, 0.717) is 17.2 Å². The zero-order chi connectivity index (χ0) is 18.5. The zero-order valence-electron chi connectivity index (χ0n) is 15.0. The van der Waals surface area contributed by atoms with Crippen LogP contribution in [0.3, 0.4) is 0 Å². The van der Waals surface area contributed by atoms with Gasteiger partial charge in [0.05, 0.1) is 30.1 Å². The molecule has 2 aromatic heterocycles. The van der Waals surface area contributed by atoms with E-state index in [4.69, 9.17) is 4.74 Å². The van der Waals surface area contributed by atoms with Crippen LogP contribution in [0, 0.1) is 0 Å². The molecule has 1 aliphatic heterocycles. The monoisotopic (exact) mass is 391 g/mol. The molecule has 5 nitrogen and oxygen atoms in total. The Balaban J connectivity index is 1.84. The molecule has 0 bridgehead atoms. The Kier molecular flexibility index (Phi) is 6.24. The smallest absolute Gasteiger partial charge is 0.341 e. The standard InChI is InChI=1S/C19H22N2O3S2/c1-3-21-10-9-14-15(12-21)26-18(17(14)19(23)24-4-2)20-16(22)8-7-13-6-5-11-25-13/h5-8,11H,3-4,9-10,12H2,1-2H3,(H,20,22)/p+1/b8-7+. The van der Waals surface area contributed by atoms with Crippen LogP contribution in [0.5, 0.6) is 0 Å². The Labute approximate surface area is 161 Å². The Morgan fingerprint density at radius 2 is 2.23 bits per heavy atom. The van der Waals surface area contributed by atoms with Gasteiger partial charge in [-0.05, 0) is 36.9 Å². The Hall–Kier alpha value is -1.96. The SMILES string of the molecule is CCOC(=O)c1c(NC(=O)/C=C/c2cccs2)sc2c1CC[NH+](CC)C2. The van der Waals surface area contributed by atoms with Crippen molar-refractivity contribution in [2.24, 2.45) is 0 Å². The lowest BCUT2D eigenvalue weighted by molar-refractivity contribution is -0.913. The summed E-state index contributed by atoms with van der Waals surface area (Å²) in [6.07, 6.45) is 4.12. The summed E-state index contributed by atoms with van der Waals surface area (Å²) in [7, 11) is 0. The van der Waals surface area contributed by atoms with Gasteiger partial charge in [-0.25, -0.2) is 4.79 Å². The number of carbonyl (C=O) groups is 2. The fraction of sp³-hybridized carbons (Fsp3) is 0.368. The predicted octanol–water partition coefficient (Wildman–Crippen LogP) is 2.60. The number of nitrogens with one attached hydrogen (secondary N) is 2. The summed E-state index contributed by atoms with van der Waals surface area (Å²) in [4.78, 5) is 28.5. The summed E-state index contributed by atoms with van der Waals surface area (Å²) in [6.45, 7) is 7.22. The summed E-state index contributed by atoms with van der Waals surface area (Å²) in [5.41, 5.74) is 1.59. The van der Waals surface area contributed by atoms with Crippen LogP contribution in [0.2, 0.25) is 0 Å². The number of anilines is 1. The molecule has 0 radical (unpaired) electrons. The van der Waals surface area contributed by atoms with E-state index in [1.54, 1.807) is 24.3 Å². The number of amides is 1. The second-order valence-corrected chi connectivity index (χ2v) is 8.13. The van der Waals surface area contributed by atoms with E-state index in [9.17, 15) is 9.59 Å². The van der Waals surface area contributed by atoms with Crippen LogP contribution in [0.15, 0.2) is 23.6 Å². The molecule has 3 rings (SSSR count). The third-order valence-electron chi connectivity index (χ3n) is 4.39. The molecule has 0 fully saturated rings. The molecule has 1 aliphatic rings. The molecular weight excluding hydrogens is 368 g/mol. The highest BCUT2D eigenvalue weighted by Crippen LogP contribution is 2.35. The molecule has 2 N–H and O–H groups in total. The number of rotatable bonds is 6. The van der Waals surface area contributed by atoms with Gasteiger partial charge in [-0.15, -0.1) is 22.7 Å². The van der Waals surface area contributed by atoms with Crippen LogP contribution in [0.25, 0.3) is 6.08 Å². The van der Waals surface area contributed by atoms with Crippen LogP contribution in [-0.4, -0.2) is 31.6 Å². The van der Waals surface area contributed by atoms with E-state index in [-0.39, 0.29) is 11.9 Å². The second kappa shape index (κ2) is 8.62. The number of ether oxygens (including phenoxy) is 1. The Bertz CT molecular complexity index is 809. The number of carbonyl (C=O) groups excluding carboxylic acids is 2. The van der Waals surface area contributed by atoms with E-state index >= 15 is 0 Å². The number of thiophene rings is 2. The van der Waals surface area contributed by atoms with Gasteiger partial charge in [0.1, 0.15) is 11.5 Å². The van der Waals surface area contributed by atoms with Crippen molar-refractivity contribution in [1.29, 1.82) is 0 Å². The lowest BCUT2D eigenvalue weighted by Crippen LogP contribution is -3.11. The van der Waals surface area contributed by atoms with E-state index in [1.165, 1.54) is 27.2 Å². The minimum absolute atomic E-state index is 0.234. The Morgan fingerprint density at radius 3 is 2.92 bits per heavy atom. The molecule has 26 heavy (non-hydrogen) atoms. The van der Waals surface area contributed by atoms with Crippen molar-refractivity contribution in [3.05, 3.63) is 44.5 Å². The number of esters is 1. The van der Waals surface area contributed by atoms with Crippen molar-refractivity contribution in [3.63, 3.8) is 0 Å². The topological polar surface area (TPSA) is 59.8 Å². The predicted molar refractivity (Wildman–Crippen MR) is 106 cm³/mol. The molecule has 1 atom stereocenters. The zero-order valence-corrected chi connectivity index (χ0v) is 16.6. The van der Waals surface area contributed by atoms with E-state index in [0.717, 1.165) is 36.5 Å². The van der Waals surface area contributed by atoms with E-state index < -0.39 is 0 Å². The molecule has 1 unspecified atom stereocenters. The van der Waals surface area contributed by atoms with Crippen molar-refractivity contribution in [3.8, 4) is 0 Å². The molecule has 138 valence electrons. The molecule has 0 aliphatic carbocycles. The van der Waals surface area contributed by atoms with E-state index in [1.807, 2.05) is 17.5 Å². The summed E-state index contributed by atoms with van der Waals surface area (Å²) in [5, 5.41) is 5.46. The molecule has 1 amide bonds. The maximum atomic E-state index is 12.5. The van der Waals surface area contributed by atoms with Crippen LogP contribution < -0.4 is 10.2 Å². The molecule has 0 aromatic carbocycles. The fourth-order valence-corrected chi connectivity index (χ4v) is 4.97. The molecule has 2 aromatic rings. The molecular formula is C19H23N2O3S2+. The number of hydrogen-bond donors (Lipinski definition) is 2. The van der Waals surface area contributed by atoms with Crippen LogP contribution in [0.1, 0.15) is 39.5 Å². The summed E-state index contributed by atoms with van der Waals surface area (Å²) in [6, 6.07) is 3.89. The normalized spacial score (nSPS) is 16.5. The van der Waals surface area contributed by atoms with Crippen molar-refractivity contribution in [2.45, 2.75) is 26.8 Å². The Morgan fingerprint density at radius 1 is 1.38 bits per heavy atom. The fourth-order valence-electron chi connectivity index (χ4n) is 3.04. The third-order valence-corrected chi connectivity index (χ3v) is 6.37. The number of likely N-dealkylation sites (N-methyl/N-ethyl adjacent to an activating group) is 1. The minimum Gasteiger partial charge on any atom is -0.462 e. The summed E-state index contributed by atoms with van der Waals surface area (Å²) < 4.78 is 5.24. The summed E-state index contributed by atoms with van der Waals surface area (Å²) >= 11 is 3.07. The largest absolute Gasteiger partial charge is 0.462 e. The lowest BCUT2D eigenvalue weighted by Gasteiger charge is -2.22. The van der Waals surface area contributed by atoms with Gasteiger partial charge in [-0.2, -0.15) is 0 Å². The highest BCUT2D eigenvalue weighted by atomic mass is 32.1. The van der Waals surface area contributed by atoms with Gasteiger partial charge in [0.2, 0.25) is 5.91 Å². The van der Waals surface area contributed by atoms with Gasteiger partial charge < -0.3 is 15.0 Å². The van der Waals surface area contributed by atoms with Crippen LogP contribution in [0.4, 0.5) is 5.00 Å². The summed E-state index contributed by atoms with van der Waals surface area (Å²) in [5.74, 6) is -0.579. The maximum Gasteiger partial charge on any atom is 0.341 e. The number of quaternary nitrogens is 1. The number of hydrogen-bond acceptors (Lipinski definition) is 5. The number of fused-ring (bicyclic) bond motifs is 1. The van der Waals surface area contributed by atoms with Gasteiger partial charge in [0.25, 0.3) is 0 Å². The minimum atomic E-state index is -0.345. The van der Waals surface area contributed by atoms with Crippen molar-refractivity contribution < 1.29 is 19.2 Å². The molecule has 0 saturated heterocycles.